The first-order valence-electron chi connectivity index (χ1n) is 6.04. The van der Waals surface area contributed by atoms with Gasteiger partial charge in [0.1, 0.15) is 0 Å². The molecule has 0 amide bonds. The van der Waals surface area contributed by atoms with Crippen molar-refractivity contribution >= 4 is 0 Å². The van der Waals surface area contributed by atoms with Crippen LogP contribution in [0.2, 0.25) is 0 Å². The molecule has 0 saturated carbocycles. The average Bonchev–Trinajstić information content (AvgIpc) is 2.12. The Balaban J connectivity index is 2.25. The minimum absolute atomic E-state index is 0.111. The minimum atomic E-state index is -0.111. The number of rotatable bonds is 4. The van der Waals surface area contributed by atoms with Crippen molar-refractivity contribution in [3.63, 3.8) is 0 Å². The molecule has 0 aromatic carbocycles. The predicted molar refractivity (Wildman–Crippen MR) is 60.3 cm³/mol. The topological polar surface area (TPSA) is 23.5 Å². The number of likely N-dealkylation sites (tertiary alicyclic amines) is 1. The van der Waals surface area contributed by atoms with Gasteiger partial charge in [0.25, 0.3) is 0 Å². The molecule has 1 fully saturated rings. The van der Waals surface area contributed by atoms with Crippen LogP contribution in [0.4, 0.5) is 0 Å². The lowest BCUT2D eigenvalue weighted by atomic mass is 9.88. The second kappa shape index (κ2) is 5.72. The van der Waals surface area contributed by atoms with Gasteiger partial charge in [-0.25, -0.2) is 0 Å². The van der Waals surface area contributed by atoms with Crippen molar-refractivity contribution in [3.05, 3.63) is 0 Å². The summed E-state index contributed by atoms with van der Waals surface area (Å²) in [5.74, 6) is 1.65. The van der Waals surface area contributed by atoms with Crippen LogP contribution in [-0.4, -0.2) is 35.7 Å². The SMILES string of the molecule is CCCC(O)CN1CCC(C)C(C)C1. The maximum atomic E-state index is 9.71. The van der Waals surface area contributed by atoms with Gasteiger partial charge in [-0.05, 0) is 31.2 Å². The van der Waals surface area contributed by atoms with Crippen molar-refractivity contribution in [1.29, 1.82) is 0 Å². The molecule has 3 unspecified atom stereocenters. The fraction of sp³-hybridized carbons (Fsp3) is 1.00. The van der Waals surface area contributed by atoms with Crippen molar-refractivity contribution in [2.45, 2.75) is 46.1 Å². The smallest absolute Gasteiger partial charge is 0.0667 e. The van der Waals surface area contributed by atoms with E-state index >= 15 is 0 Å². The molecule has 1 saturated heterocycles. The van der Waals surface area contributed by atoms with E-state index in [1.54, 1.807) is 0 Å². The van der Waals surface area contributed by atoms with Gasteiger partial charge in [-0.3, -0.25) is 0 Å². The Kier molecular flexibility index (Phi) is 4.90. The molecule has 1 rings (SSSR count). The molecule has 0 aliphatic carbocycles. The van der Waals surface area contributed by atoms with Crippen molar-refractivity contribution in [1.82, 2.24) is 4.90 Å². The highest BCUT2D eigenvalue weighted by Crippen LogP contribution is 2.22. The Hall–Kier alpha value is -0.0800. The van der Waals surface area contributed by atoms with Gasteiger partial charge < -0.3 is 10.0 Å². The minimum Gasteiger partial charge on any atom is -0.392 e. The molecule has 2 heteroatoms. The van der Waals surface area contributed by atoms with Gasteiger partial charge in [-0.15, -0.1) is 0 Å². The van der Waals surface area contributed by atoms with E-state index in [2.05, 4.69) is 25.7 Å². The molecule has 14 heavy (non-hydrogen) atoms. The Morgan fingerprint density at radius 1 is 1.36 bits per heavy atom. The molecule has 0 aromatic heterocycles. The second-order valence-corrected chi connectivity index (χ2v) is 4.95. The number of nitrogens with zero attached hydrogens (tertiary/aromatic N) is 1. The summed E-state index contributed by atoms with van der Waals surface area (Å²) in [6.45, 7) is 10.0. The van der Waals surface area contributed by atoms with Crippen molar-refractivity contribution < 1.29 is 5.11 Å². The zero-order valence-corrected chi connectivity index (χ0v) is 9.87. The maximum absolute atomic E-state index is 9.71. The average molecular weight is 199 g/mol. The number of piperidine rings is 1. The fourth-order valence-corrected chi connectivity index (χ4v) is 2.24. The van der Waals surface area contributed by atoms with E-state index in [4.69, 9.17) is 0 Å². The van der Waals surface area contributed by atoms with E-state index in [-0.39, 0.29) is 6.10 Å². The highest BCUT2D eigenvalue weighted by atomic mass is 16.3. The summed E-state index contributed by atoms with van der Waals surface area (Å²) < 4.78 is 0. The van der Waals surface area contributed by atoms with E-state index in [1.165, 1.54) is 19.5 Å². The standard InChI is InChI=1S/C12H25NO/c1-4-5-12(14)9-13-7-6-10(2)11(3)8-13/h10-12,14H,4-9H2,1-3H3. The molecular weight excluding hydrogens is 174 g/mol. The Morgan fingerprint density at radius 2 is 2.07 bits per heavy atom. The summed E-state index contributed by atoms with van der Waals surface area (Å²) in [7, 11) is 0. The molecule has 2 nitrogen and oxygen atoms in total. The lowest BCUT2D eigenvalue weighted by molar-refractivity contribution is 0.0662. The maximum Gasteiger partial charge on any atom is 0.0667 e. The number of hydrogen-bond acceptors (Lipinski definition) is 2. The lowest BCUT2D eigenvalue weighted by Crippen LogP contribution is -2.42. The van der Waals surface area contributed by atoms with Crippen molar-refractivity contribution in [2.75, 3.05) is 19.6 Å². The normalized spacial score (nSPS) is 31.7. The van der Waals surface area contributed by atoms with Gasteiger partial charge in [-0.2, -0.15) is 0 Å². The van der Waals surface area contributed by atoms with E-state index < -0.39 is 0 Å². The molecule has 3 atom stereocenters. The van der Waals surface area contributed by atoms with Gasteiger partial charge in [0, 0.05) is 13.1 Å². The van der Waals surface area contributed by atoms with Crippen LogP contribution in [-0.2, 0) is 0 Å². The van der Waals surface area contributed by atoms with E-state index in [9.17, 15) is 5.11 Å². The van der Waals surface area contributed by atoms with Gasteiger partial charge in [0.2, 0.25) is 0 Å². The van der Waals surface area contributed by atoms with Crippen LogP contribution in [0.1, 0.15) is 40.0 Å². The molecule has 0 spiro atoms. The van der Waals surface area contributed by atoms with Crippen LogP contribution in [0.3, 0.4) is 0 Å². The fourth-order valence-electron chi connectivity index (χ4n) is 2.24. The first kappa shape index (κ1) is 12.0. The van der Waals surface area contributed by atoms with Crippen LogP contribution in [0, 0.1) is 11.8 Å². The van der Waals surface area contributed by atoms with E-state index in [0.717, 1.165) is 31.2 Å². The van der Waals surface area contributed by atoms with Crippen LogP contribution >= 0.6 is 0 Å². The van der Waals surface area contributed by atoms with Crippen molar-refractivity contribution in [2.24, 2.45) is 11.8 Å². The van der Waals surface area contributed by atoms with Crippen molar-refractivity contribution in [3.8, 4) is 0 Å². The number of hydrogen-bond donors (Lipinski definition) is 1. The quantitative estimate of drug-likeness (QED) is 0.749. The third kappa shape index (κ3) is 3.58. The molecule has 1 heterocycles. The Labute approximate surface area is 88.3 Å². The molecule has 0 aromatic rings. The van der Waals surface area contributed by atoms with Gasteiger partial charge in [-0.1, -0.05) is 27.2 Å². The molecule has 0 bridgehead atoms. The zero-order valence-electron chi connectivity index (χ0n) is 9.87. The van der Waals surface area contributed by atoms with Crippen LogP contribution in [0.25, 0.3) is 0 Å². The molecule has 1 aliphatic heterocycles. The summed E-state index contributed by atoms with van der Waals surface area (Å²) in [6.07, 6.45) is 3.21. The largest absolute Gasteiger partial charge is 0.392 e. The summed E-state index contributed by atoms with van der Waals surface area (Å²) in [5.41, 5.74) is 0. The van der Waals surface area contributed by atoms with Crippen LogP contribution in [0.15, 0.2) is 0 Å². The Morgan fingerprint density at radius 3 is 2.64 bits per heavy atom. The Bertz CT molecular complexity index is 160. The lowest BCUT2D eigenvalue weighted by Gasteiger charge is -2.36. The molecule has 84 valence electrons. The van der Waals surface area contributed by atoms with Crippen LogP contribution < -0.4 is 0 Å². The van der Waals surface area contributed by atoms with E-state index in [0.29, 0.717) is 0 Å². The van der Waals surface area contributed by atoms with Gasteiger partial charge >= 0.3 is 0 Å². The van der Waals surface area contributed by atoms with Gasteiger partial charge in [0.05, 0.1) is 6.10 Å². The molecule has 0 radical (unpaired) electrons. The zero-order chi connectivity index (χ0) is 10.6. The second-order valence-electron chi connectivity index (χ2n) is 4.95. The molecular formula is C12H25NO. The number of aliphatic hydroxyl groups is 1. The summed E-state index contributed by atoms with van der Waals surface area (Å²) in [4.78, 5) is 2.42. The predicted octanol–water partition coefficient (Wildman–Crippen LogP) is 2.13. The highest BCUT2D eigenvalue weighted by Gasteiger charge is 2.23. The van der Waals surface area contributed by atoms with Gasteiger partial charge in [0.15, 0.2) is 0 Å². The third-order valence-corrected chi connectivity index (χ3v) is 3.51. The summed E-state index contributed by atoms with van der Waals surface area (Å²) >= 11 is 0. The molecule has 1 N–H and O–H groups in total. The first-order chi connectivity index (χ1) is 6.63. The first-order valence-corrected chi connectivity index (χ1v) is 6.04. The monoisotopic (exact) mass is 199 g/mol. The van der Waals surface area contributed by atoms with Crippen LogP contribution in [0.5, 0.6) is 0 Å². The third-order valence-electron chi connectivity index (χ3n) is 3.51. The van der Waals surface area contributed by atoms with E-state index in [1.807, 2.05) is 0 Å². The molecule has 1 aliphatic rings. The highest BCUT2D eigenvalue weighted by molar-refractivity contribution is 4.76. The summed E-state index contributed by atoms with van der Waals surface area (Å²) in [5, 5.41) is 9.71. The number of β-amino-alcohol motifs (C(OH)–C–C–N with tert-alkyl or cyclic N) is 1. The number of aliphatic hydroxyl groups excluding tert-OH is 1. The summed E-state index contributed by atoms with van der Waals surface area (Å²) in [6, 6.07) is 0.